The summed E-state index contributed by atoms with van der Waals surface area (Å²) in [6.45, 7) is 6.00. The van der Waals surface area contributed by atoms with Gasteiger partial charge in [-0.1, -0.05) is 0 Å². The van der Waals surface area contributed by atoms with Crippen LogP contribution in [0.5, 0.6) is 0 Å². The van der Waals surface area contributed by atoms with Crippen LogP contribution in [0.4, 0.5) is 0 Å². The number of H-pyrrole nitrogens is 1. The third-order valence-electron chi connectivity index (χ3n) is 0.406. The van der Waals surface area contributed by atoms with E-state index in [0.29, 0.717) is 0 Å². The maximum Gasteiger partial charge on any atom is 0.0919 e. The Morgan fingerprint density at radius 2 is 2.00 bits per heavy atom. The Kier molecular flexibility index (Phi) is 12.2. The molecule has 1 heterocycles. The molecular formula is C5H9ClN2. The number of imidazole rings is 1. The first-order valence-electron chi connectivity index (χ1n) is 1.93. The first-order valence-corrected chi connectivity index (χ1v) is 1.93. The van der Waals surface area contributed by atoms with Crippen LogP contribution in [0.15, 0.2) is 31.9 Å². The van der Waals surface area contributed by atoms with Crippen molar-refractivity contribution in [1.82, 2.24) is 9.97 Å². The molecule has 0 atom stereocenters. The van der Waals surface area contributed by atoms with Gasteiger partial charge in [-0.05, 0) is 0 Å². The average Bonchev–Trinajstić information content (AvgIpc) is 2.23. The number of hydrogen-bond acceptors (Lipinski definition) is 1. The summed E-state index contributed by atoms with van der Waals surface area (Å²) in [5.74, 6) is 0. The Morgan fingerprint density at radius 1 is 1.38 bits per heavy atom. The van der Waals surface area contributed by atoms with Crippen molar-refractivity contribution in [3.63, 3.8) is 0 Å². The predicted octanol–water partition coefficient (Wildman–Crippen LogP) is 1.63. The van der Waals surface area contributed by atoms with Crippen LogP contribution in [0, 0.1) is 0 Å². The number of hydrogen-bond donors (Lipinski definition) is 1. The number of aromatic nitrogens is 2. The number of nitrogens with one attached hydrogen (secondary N) is 1. The quantitative estimate of drug-likeness (QED) is 0.534. The highest BCUT2D eigenvalue weighted by Crippen LogP contribution is 1.62. The highest BCUT2D eigenvalue weighted by atomic mass is 35.5. The zero-order valence-corrected chi connectivity index (χ0v) is 5.32. The molecule has 0 saturated heterocycles. The molecule has 3 heteroatoms. The van der Waals surface area contributed by atoms with Gasteiger partial charge in [0.2, 0.25) is 0 Å². The van der Waals surface area contributed by atoms with Gasteiger partial charge in [-0.15, -0.1) is 25.6 Å². The molecule has 0 bridgehead atoms. The van der Waals surface area contributed by atoms with Gasteiger partial charge < -0.3 is 4.98 Å². The standard InChI is InChI=1S/C3H4N2.C2H4.ClH/c1-2-5-3-4-1;1-2;/h1-3H,(H,4,5);1-2H2;1H. The SMILES string of the molecule is C=C.Cl.c1c[nH]cn1. The second-order valence-electron chi connectivity index (χ2n) is 0.761. The first-order chi connectivity index (χ1) is 3.50. The molecule has 8 heavy (non-hydrogen) atoms. The van der Waals surface area contributed by atoms with Crippen LogP contribution in [0.1, 0.15) is 0 Å². The molecular weight excluding hydrogens is 124 g/mol. The van der Waals surface area contributed by atoms with Crippen LogP contribution < -0.4 is 0 Å². The molecule has 1 N–H and O–H groups in total. The van der Waals surface area contributed by atoms with Crippen molar-refractivity contribution in [3.05, 3.63) is 31.9 Å². The van der Waals surface area contributed by atoms with Crippen molar-refractivity contribution >= 4 is 12.4 Å². The predicted molar refractivity (Wildman–Crippen MR) is 37.1 cm³/mol. The maximum absolute atomic E-state index is 3.67. The summed E-state index contributed by atoms with van der Waals surface area (Å²) in [6, 6.07) is 0. The minimum absolute atomic E-state index is 0. The van der Waals surface area contributed by atoms with E-state index in [1.54, 1.807) is 18.7 Å². The minimum atomic E-state index is 0. The van der Waals surface area contributed by atoms with Crippen molar-refractivity contribution in [2.75, 3.05) is 0 Å². The zero-order valence-electron chi connectivity index (χ0n) is 4.50. The van der Waals surface area contributed by atoms with Gasteiger partial charge in [0.25, 0.3) is 0 Å². The van der Waals surface area contributed by atoms with Crippen molar-refractivity contribution < 1.29 is 0 Å². The zero-order chi connectivity index (χ0) is 5.54. The summed E-state index contributed by atoms with van der Waals surface area (Å²) in [7, 11) is 0. The molecule has 0 radical (unpaired) electrons. The molecule has 1 aromatic rings. The molecule has 0 aliphatic heterocycles. The minimum Gasteiger partial charge on any atom is -0.351 e. The molecule has 46 valence electrons. The molecule has 1 aromatic heterocycles. The van der Waals surface area contributed by atoms with Gasteiger partial charge in [-0.3, -0.25) is 0 Å². The highest BCUT2D eigenvalue weighted by Gasteiger charge is 1.56. The van der Waals surface area contributed by atoms with Crippen molar-refractivity contribution in [3.8, 4) is 0 Å². The summed E-state index contributed by atoms with van der Waals surface area (Å²) in [6.07, 6.45) is 5.08. The van der Waals surface area contributed by atoms with Crippen LogP contribution in [0.2, 0.25) is 0 Å². The molecule has 0 aromatic carbocycles. The van der Waals surface area contributed by atoms with Gasteiger partial charge in [0.15, 0.2) is 0 Å². The van der Waals surface area contributed by atoms with E-state index in [2.05, 4.69) is 23.1 Å². The van der Waals surface area contributed by atoms with Crippen LogP contribution in [0.3, 0.4) is 0 Å². The lowest BCUT2D eigenvalue weighted by atomic mass is 11.0. The van der Waals surface area contributed by atoms with Gasteiger partial charge >= 0.3 is 0 Å². The fourth-order valence-corrected chi connectivity index (χ4v) is 0.215. The van der Waals surface area contributed by atoms with E-state index in [0.717, 1.165) is 0 Å². The topological polar surface area (TPSA) is 28.7 Å². The van der Waals surface area contributed by atoms with Gasteiger partial charge in [-0.2, -0.15) is 0 Å². The van der Waals surface area contributed by atoms with Crippen molar-refractivity contribution in [1.29, 1.82) is 0 Å². The van der Waals surface area contributed by atoms with Crippen LogP contribution in [0.25, 0.3) is 0 Å². The third kappa shape index (κ3) is 5.24. The van der Waals surface area contributed by atoms with E-state index >= 15 is 0 Å². The van der Waals surface area contributed by atoms with E-state index in [1.807, 2.05) is 0 Å². The second kappa shape index (κ2) is 9.53. The second-order valence-corrected chi connectivity index (χ2v) is 0.761. The van der Waals surface area contributed by atoms with Crippen LogP contribution in [-0.2, 0) is 0 Å². The van der Waals surface area contributed by atoms with Gasteiger partial charge in [0.1, 0.15) is 0 Å². The Labute approximate surface area is 55.1 Å². The summed E-state index contributed by atoms with van der Waals surface area (Å²) in [5.41, 5.74) is 0. The molecule has 0 saturated carbocycles. The normalized spacial score (nSPS) is 5.50. The van der Waals surface area contributed by atoms with Gasteiger partial charge in [0.05, 0.1) is 6.33 Å². The summed E-state index contributed by atoms with van der Waals surface area (Å²) >= 11 is 0. The Hall–Kier alpha value is -0.760. The smallest absolute Gasteiger partial charge is 0.0919 e. The number of nitrogens with zero attached hydrogens (tertiary/aromatic N) is 1. The van der Waals surface area contributed by atoms with Crippen molar-refractivity contribution in [2.45, 2.75) is 0 Å². The molecule has 0 amide bonds. The van der Waals surface area contributed by atoms with Crippen LogP contribution in [-0.4, -0.2) is 9.97 Å². The summed E-state index contributed by atoms with van der Waals surface area (Å²) in [4.78, 5) is 6.42. The number of halogens is 1. The fraction of sp³-hybridized carbons (Fsp3) is 0. The van der Waals surface area contributed by atoms with Crippen LogP contribution >= 0.6 is 12.4 Å². The van der Waals surface area contributed by atoms with E-state index in [9.17, 15) is 0 Å². The molecule has 0 aliphatic rings. The Bertz CT molecular complexity index is 77.3. The molecule has 0 aliphatic carbocycles. The Morgan fingerprint density at radius 3 is 2.12 bits per heavy atom. The lowest BCUT2D eigenvalue weighted by Gasteiger charge is -1.46. The van der Waals surface area contributed by atoms with E-state index in [1.165, 1.54) is 0 Å². The largest absolute Gasteiger partial charge is 0.351 e. The summed E-state index contributed by atoms with van der Waals surface area (Å²) in [5, 5.41) is 0. The monoisotopic (exact) mass is 132 g/mol. The molecule has 1 rings (SSSR count). The van der Waals surface area contributed by atoms with Crippen molar-refractivity contribution in [2.24, 2.45) is 0 Å². The maximum atomic E-state index is 3.67. The average molecular weight is 133 g/mol. The lowest BCUT2D eigenvalue weighted by Crippen LogP contribution is -1.44. The lowest BCUT2D eigenvalue weighted by molar-refractivity contribution is 1.31. The molecule has 0 fully saturated rings. The van der Waals surface area contributed by atoms with E-state index < -0.39 is 0 Å². The summed E-state index contributed by atoms with van der Waals surface area (Å²) < 4.78 is 0. The molecule has 0 spiro atoms. The van der Waals surface area contributed by atoms with Gasteiger partial charge in [-0.25, -0.2) is 4.98 Å². The number of rotatable bonds is 0. The first kappa shape index (κ1) is 10.3. The van der Waals surface area contributed by atoms with Gasteiger partial charge in [0, 0.05) is 12.4 Å². The highest BCUT2D eigenvalue weighted by molar-refractivity contribution is 5.85. The number of aromatic amines is 1. The molecule has 0 unspecified atom stereocenters. The molecule has 2 nitrogen and oxygen atoms in total. The fourth-order valence-electron chi connectivity index (χ4n) is 0.215. The third-order valence-corrected chi connectivity index (χ3v) is 0.406. The van der Waals surface area contributed by atoms with E-state index in [4.69, 9.17) is 0 Å². The Balaban J connectivity index is 0. The van der Waals surface area contributed by atoms with E-state index in [-0.39, 0.29) is 12.4 Å².